The van der Waals surface area contributed by atoms with E-state index < -0.39 is 0 Å². The first-order chi connectivity index (χ1) is 5.38. The first-order valence-corrected chi connectivity index (χ1v) is 5.08. The first kappa shape index (κ1) is 9.05. The average molecular weight is 155 g/mol. The standard InChI is InChI=1S/C10H21N/c1-2-5-9-6-3-4-7-10(9)8-11/h9-10H,2-8,11H2,1H3/t9-,10-/m1/s1. The summed E-state index contributed by atoms with van der Waals surface area (Å²) in [4.78, 5) is 0. The lowest BCUT2D eigenvalue weighted by Crippen LogP contribution is -2.26. The minimum absolute atomic E-state index is 0.851. The fourth-order valence-corrected chi connectivity index (χ4v) is 2.35. The number of nitrogens with two attached hydrogens (primary N) is 1. The van der Waals surface area contributed by atoms with Crippen molar-refractivity contribution in [3.8, 4) is 0 Å². The van der Waals surface area contributed by atoms with Gasteiger partial charge in [-0.25, -0.2) is 0 Å². The topological polar surface area (TPSA) is 26.0 Å². The van der Waals surface area contributed by atoms with Crippen LogP contribution in [0.15, 0.2) is 0 Å². The molecule has 0 saturated heterocycles. The van der Waals surface area contributed by atoms with Crippen LogP contribution >= 0.6 is 0 Å². The van der Waals surface area contributed by atoms with Crippen LogP contribution in [0.5, 0.6) is 0 Å². The Hall–Kier alpha value is -0.0400. The van der Waals surface area contributed by atoms with Crippen molar-refractivity contribution in [2.24, 2.45) is 17.6 Å². The number of hydrogen-bond acceptors (Lipinski definition) is 1. The number of rotatable bonds is 3. The second-order valence-electron chi connectivity index (χ2n) is 3.83. The van der Waals surface area contributed by atoms with Crippen molar-refractivity contribution in [2.75, 3.05) is 6.54 Å². The first-order valence-electron chi connectivity index (χ1n) is 5.08. The summed E-state index contributed by atoms with van der Waals surface area (Å²) in [5.41, 5.74) is 5.72. The summed E-state index contributed by atoms with van der Waals surface area (Å²) in [6.45, 7) is 3.20. The van der Waals surface area contributed by atoms with Gasteiger partial charge < -0.3 is 5.73 Å². The van der Waals surface area contributed by atoms with Crippen molar-refractivity contribution in [3.05, 3.63) is 0 Å². The van der Waals surface area contributed by atoms with E-state index in [1.165, 1.54) is 38.5 Å². The normalized spacial score (nSPS) is 32.2. The third kappa shape index (κ3) is 2.48. The van der Waals surface area contributed by atoms with Gasteiger partial charge in [-0.3, -0.25) is 0 Å². The zero-order valence-electron chi connectivity index (χ0n) is 7.68. The van der Waals surface area contributed by atoms with Crippen LogP contribution in [0.1, 0.15) is 45.4 Å². The van der Waals surface area contributed by atoms with Gasteiger partial charge in [-0.05, 0) is 24.8 Å². The highest BCUT2D eigenvalue weighted by Crippen LogP contribution is 2.32. The van der Waals surface area contributed by atoms with Crippen molar-refractivity contribution < 1.29 is 0 Å². The van der Waals surface area contributed by atoms with E-state index in [0.29, 0.717) is 0 Å². The minimum Gasteiger partial charge on any atom is -0.330 e. The molecule has 0 aliphatic heterocycles. The zero-order valence-corrected chi connectivity index (χ0v) is 7.68. The molecular formula is C10H21N. The molecule has 1 aliphatic rings. The Kier molecular flexibility index (Phi) is 3.92. The third-order valence-electron chi connectivity index (χ3n) is 3.03. The quantitative estimate of drug-likeness (QED) is 0.666. The smallest absolute Gasteiger partial charge is 0.00462 e. The predicted octanol–water partition coefficient (Wildman–Crippen LogP) is 2.55. The predicted molar refractivity (Wildman–Crippen MR) is 49.4 cm³/mol. The fraction of sp³-hybridized carbons (Fsp3) is 1.00. The van der Waals surface area contributed by atoms with Crippen molar-refractivity contribution in [1.29, 1.82) is 0 Å². The highest BCUT2D eigenvalue weighted by molar-refractivity contribution is 4.75. The largest absolute Gasteiger partial charge is 0.330 e. The Morgan fingerprint density at radius 1 is 1.18 bits per heavy atom. The Balaban J connectivity index is 2.31. The minimum atomic E-state index is 0.851. The van der Waals surface area contributed by atoms with Crippen molar-refractivity contribution >= 4 is 0 Å². The van der Waals surface area contributed by atoms with Crippen LogP contribution < -0.4 is 5.73 Å². The Morgan fingerprint density at radius 3 is 2.36 bits per heavy atom. The van der Waals surface area contributed by atoms with Crippen LogP contribution in [-0.4, -0.2) is 6.54 Å². The van der Waals surface area contributed by atoms with Gasteiger partial charge in [0.05, 0.1) is 0 Å². The SMILES string of the molecule is CCC[C@@H]1CCCC[C@@H]1CN. The average Bonchev–Trinajstić information content (AvgIpc) is 2.06. The maximum Gasteiger partial charge on any atom is -0.00462 e. The van der Waals surface area contributed by atoms with Crippen LogP contribution in [0.2, 0.25) is 0 Å². The van der Waals surface area contributed by atoms with E-state index >= 15 is 0 Å². The molecule has 0 amide bonds. The molecule has 0 aromatic carbocycles. The molecule has 1 nitrogen and oxygen atoms in total. The molecule has 1 aliphatic carbocycles. The van der Waals surface area contributed by atoms with Gasteiger partial charge >= 0.3 is 0 Å². The van der Waals surface area contributed by atoms with Gasteiger partial charge in [0.15, 0.2) is 0 Å². The highest BCUT2D eigenvalue weighted by atomic mass is 14.6. The summed E-state index contributed by atoms with van der Waals surface area (Å²) < 4.78 is 0. The molecule has 1 saturated carbocycles. The summed E-state index contributed by atoms with van der Waals surface area (Å²) in [7, 11) is 0. The van der Waals surface area contributed by atoms with E-state index in [4.69, 9.17) is 5.73 Å². The Labute approximate surface area is 70.4 Å². The second kappa shape index (κ2) is 4.76. The molecule has 2 atom stereocenters. The molecule has 0 aromatic heterocycles. The van der Waals surface area contributed by atoms with E-state index in [9.17, 15) is 0 Å². The molecule has 0 unspecified atom stereocenters. The van der Waals surface area contributed by atoms with Gasteiger partial charge in [0, 0.05) is 0 Å². The van der Waals surface area contributed by atoms with E-state index in [0.717, 1.165) is 18.4 Å². The van der Waals surface area contributed by atoms with Crippen molar-refractivity contribution in [1.82, 2.24) is 0 Å². The van der Waals surface area contributed by atoms with Gasteiger partial charge in [-0.15, -0.1) is 0 Å². The molecule has 0 aromatic rings. The Morgan fingerprint density at radius 2 is 1.82 bits per heavy atom. The molecule has 0 spiro atoms. The summed E-state index contributed by atoms with van der Waals surface area (Å²) in [5.74, 6) is 1.81. The molecule has 11 heavy (non-hydrogen) atoms. The summed E-state index contributed by atoms with van der Waals surface area (Å²) >= 11 is 0. The van der Waals surface area contributed by atoms with Crippen LogP contribution in [0.4, 0.5) is 0 Å². The molecule has 0 bridgehead atoms. The van der Waals surface area contributed by atoms with Gasteiger partial charge in [-0.2, -0.15) is 0 Å². The summed E-state index contributed by atoms with van der Waals surface area (Å²) in [6.07, 6.45) is 8.43. The molecule has 0 heterocycles. The molecule has 1 rings (SSSR count). The van der Waals surface area contributed by atoms with Crippen LogP contribution in [-0.2, 0) is 0 Å². The fourth-order valence-electron chi connectivity index (χ4n) is 2.35. The van der Waals surface area contributed by atoms with Gasteiger partial charge in [0.2, 0.25) is 0 Å². The Bertz CT molecular complexity index is 99.0. The zero-order chi connectivity index (χ0) is 8.10. The lowest BCUT2D eigenvalue weighted by molar-refractivity contribution is 0.229. The van der Waals surface area contributed by atoms with Crippen LogP contribution in [0, 0.1) is 11.8 Å². The van der Waals surface area contributed by atoms with E-state index in [1.807, 2.05) is 0 Å². The second-order valence-corrected chi connectivity index (χ2v) is 3.83. The molecular weight excluding hydrogens is 134 g/mol. The lowest BCUT2D eigenvalue weighted by atomic mass is 9.77. The maximum atomic E-state index is 5.72. The van der Waals surface area contributed by atoms with Crippen molar-refractivity contribution in [3.63, 3.8) is 0 Å². The highest BCUT2D eigenvalue weighted by Gasteiger charge is 2.22. The van der Waals surface area contributed by atoms with Crippen LogP contribution in [0.3, 0.4) is 0 Å². The molecule has 0 radical (unpaired) electrons. The summed E-state index contributed by atoms with van der Waals surface area (Å²) in [5, 5.41) is 0. The monoisotopic (exact) mass is 155 g/mol. The number of hydrogen-bond donors (Lipinski definition) is 1. The van der Waals surface area contributed by atoms with E-state index in [2.05, 4.69) is 6.92 Å². The van der Waals surface area contributed by atoms with Crippen LogP contribution in [0.25, 0.3) is 0 Å². The lowest BCUT2D eigenvalue weighted by Gasteiger charge is -2.30. The molecule has 1 heteroatoms. The van der Waals surface area contributed by atoms with Gasteiger partial charge in [0.1, 0.15) is 0 Å². The van der Waals surface area contributed by atoms with E-state index in [-0.39, 0.29) is 0 Å². The van der Waals surface area contributed by atoms with E-state index in [1.54, 1.807) is 0 Å². The molecule has 1 fully saturated rings. The molecule has 2 N–H and O–H groups in total. The summed E-state index contributed by atoms with van der Waals surface area (Å²) in [6, 6.07) is 0. The van der Waals surface area contributed by atoms with Gasteiger partial charge in [0.25, 0.3) is 0 Å². The van der Waals surface area contributed by atoms with Gasteiger partial charge in [-0.1, -0.05) is 39.0 Å². The molecule has 66 valence electrons. The third-order valence-corrected chi connectivity index (χ3v) is 3.03. The maximum absolute atomic E-state index is 5.72. The van der Waals surface area contributed by atoms with Crippen molar-refractivity contribution in [2.45, 2.75) is 45.4 Å².